The lowest BCUT2D eigenvalue weighted by Crippen LogP contribution is -2.35. The first-order valence-corrected chi connectivity index (χ1v) is 6.86. The summed E-state index contributed by atoms with van der Waals surface area (Å²) in [5, 5.41) is 8.27. The molecule has 0 saturated carbocycles. The van der Waals surface area contributed by atoms with E-state index in [9.17, 15) is 4.79 Å². The molecule has 3 N–H and O–H groups in total. The van der Waals surface area contributed by atoms with Crippen molar-refractivity contribution >= 4 is 28.4 Å². The Morgan fingerprint density at radius 2 is 2.32 bits per heavy atom. The molecule has 19 heavy (non-hydrogen) atoms. The Balaban J connectivity index is 1.61. The number of amides is 1. The number of carbonyl (C=O) groups is 1. The molecule has 2 aromatic rings. The summed E-state index contributed by atoms with van der Waals surface area (Å²) >= 11 is 5.96. The van der Waals surface area contributed by atoms with Crippen LogP contribution < -0.4 is 10.6 Å². The van der Waals surface area contributed by atoms with Crippen molar-refractivity contribution in [2.75, 3.05) is 6.54 Å². The lowest BCUT2D eigenvalue weighted by Gasteiger charge is -2.10. The zero-order valence-corrected chi connectivity index (χ0v) is 11.3. The minimum absolute atomic E-state index is 0.161. The fourth-order valence-corrected chi connectivity index (χ4v) is 2.69. The summed E-state index contributed by atoms with van der Waals surface area (Å²) in [5.74, 6) is 0.161. The predicted molar refractivity (Wildman–Crippen MR) is 76.2 cm³/mol. The van der Waals surface area contributed by atoms with Crippen LogP contribution in [0.4, 0.5) is 0 Å². The highest BCUT2D eigenvalue weighted by Gasteiger charge is 2.19. The van der Waals surface area contributed by atoms with Crippen molar-refractivity contribution in [2.45, 2.75) is 25.4 Å². The lowest BCUT2D eigenvalue weighted by atomic mass is 10.1. The number of hydrogen-bond acceptors (Lipinski definition) is 2. The van der Waals surface area contributed by atoms with Gasteiger partial charge in [0, 0.05) is 47.7 Å². The van der Waals surface area contributed by atoms with Crippen LogP contribution in [0.15, 0.2) is 24.4 Å². The number of aromatic amines is 1. The van der Waals surface area contributed by atoms with E-state index in [4.69, 9.17) is 11.6 Å². The standard InChI is InChI=1S/C14H16ClN3O/c15-10-1-3-12-9(7-17-13(12)5-10)6-16-8-11-2-4-14(19)18-11/h1,3,5,7,11,16-17H,2,4,6,8H2,(H,18,19). The van der Waals surface area contributed by atoms with Crippen LogP contribution in [-0.2, 0) is 11.3 Å². The van der Waals surface area contributed by atoms with Gasteiger partial charge in [0.25, 0.3) is 0 Å². The molecule has 3 rings (SSSR count). The molecule has 1 aliphatic rings. The molecule has 1 aliphatic heterocycles. The van der Waals surface area contributed by atoms with Crippen molar-refractivity contribution in [2.24, 2.45) is 0 Å². The van der Waals surface area contributed by atoms with E-state index in [-0.39, 0.29) is 11.9 Å². The number of hydrogen-bond donors (Lipinski definition) is 3. The summed E-state index contributed by atoms with van der Waals surface area (Å²) in [7, 11) is 0. The van der Waals surface area contributed by atoms with Gasteiger partial charge in [-0.25, -0.2) is 0 Å². The first-order chi connectivity index (χ1) is 9.22. The summed E-state index contributed by atoms with van der Waals surface area (Å²) in [6.45, 7) is 1.60. The average Bonchev–Trinajstić information content (AvgIpc) is 2.96. The van der Waals surface area contributed by atoms with Crippen LogP contribution in [0.25, 0.3) is 10.9 Å². The zero-order chi connectivity index (χ0) is 13.2. The van der Waals surface area contributed by atoms with Crippen LogP contribution in [0.3, 0.4) is 0 Å². The van der Waals surface area contributed by atoms with Crippen LogP contribution in [0.1, 0.15) is 18.4 Å². The maximum Gasteiger partial charge on any atom is 0.220 e. The number of halogens is 1. The van der Waals surface area contributed by atoms with Gasteiger partial charge in [-0.05, 0) is 24.1 Å². The monoisotopic (exact) mass is 277 g/mol. The number of carbonyl (C=O) groups excluding carboxylic acids is 1. The minimum Gasteiger partial charge on any atom is -0.361 e. The second-order valence-corrected chi connectivity index (χ2v) is 5.37. The van der Waals surface area contributed by atoms with Gasteiger partial charge in [0.1, 0.15) is 0 Å². The first kappa shape index (κ1) is 12.5. The van der Waals surface area contributed by atoms with Gasteiger partial charge in [0.15, 0.2) is 0 Å². The van der Waals surface area contributed by atoms with E-state index >= 15 is 0 Å². The Morgan fingerprint density at radius 3 is 3.11 bits per heavy atom. The van der Waals surface area contributed by atoms with E-state index < -0.39 is 0 Å². The molecule has 1 unspecified atom stereocenters. The first-order valence-electron chi connectivity index (χ1n) is 6.48. The van der Waals surface area contributed by atoms with E-state index in [1.165, 1.54) is 10.9 Å². The molecule has 100 valence electrons. The molecule has 1 atom stereocenters. The third-order valence-electron chi connectivity index (χ3n) is 3.52. The summed E-state index contributed by atoms with van der Waals surface area (Å²) in [4.78, 5) is 14.3. The fraction of sp³-hybridized carbons (Fsp3) is 0.357. The molecular formula is C14H16ClN3O. The Morgan fingerprint density at radius 1 is 1.42 bits per heavy atom. The Bertz CT molecular complexity index is 608. The molecule has 1 fully saturated rings. The molecule has 0 bridgehead atoms. The molecule has 1 aromatic heterocycles. The second-order valence-electron chi connectivity index (χ2n) is 4.94. The number of aromatic nitrogens is 1. The third-order valence-corrected chi connectivity index (χ3v) is 3.76. The van der Waals surface area contributed by atoms with Gasteiger partial charge in [-0.15, -0.1) is 0 Å². The van der Waals surface area contributed by atoms with E-state index in [1.807, 2.05) is 24.4 Å². The smallest absolute Gasteiger partial charge is 0.220 e. The number of nitrogens with one attached hydrogen (secondary N) is 3. The summed E-state index contributed by atoms with van der Waals surface area (Å²) in [6.07, 6.45) is 3.58. The zero-order valence-electron chi connectivity index (χ0n) is 10.5. The van der Waals surface area contributed by atoms with Crippen LogP contribution in [0, 0.1) is 0 Å². The molecule has 1 aromatic carbocycles. The molecule has 0 spiro atoms. The quantitative estimate of drug-likeness (QED) is 0.802. The van der Waals surface area contributed by atoms with E-state index in [2.05, 4.69) is 15.6 Å². The number of benzene rings is 1. The topological polar surface area (TPSA) is 56.9 Å². The van der Waals surface area contributed by atoms with Gasteiger partial charge in [0.2, 0.25) is 5.91 Å². The highest BCUT2D eigenvalue weighted by atomic mass is 35.5. The van der Waals surface area contributed by atoms with Gasteiger partial charge in [-0.2, -0.15) is 0 Å². The normalized spacial score (nSPS) is 19.0. The molecular weight excluding hydrogens is 262 g/mol. The van der Waals surface area contributed by atoms with Crippen molar-refractivity contribution in [1.29, 1.82) is 0 Å². The number of fused-ring (bicyclic) bond motifs is 1. The van der Waals surface area contributed by atoms with Crippen LogP contribution >= 0.6 is 11.6 Å². The van der Waals surface area contributed by atoms with Gasteiger partial charge in [-0.3, -0.25) is 4.79 Å². The maximum atomic E-state index is 11.1. The largest absolute Gasteiger partial charge is 0.361 e. The maximum absolute atomic E-state index is 11.1. The predicted octanol–water partition coefficient (Wildman–Crippen LogP) is 2.19. The molecule has 2 heterocycles. The molecule has 1 saturated heterocycles. The molecule has 1 amide bonds. The fourth-order valence-electron chi connectivity index (χ4n) is 2.52. The van der Waals surface area contributed by atoms with Gasteiger partial charge in [0.05, 0.1) is 0 Å². The van der Waals surface area contributed by atoms with Crippen molar-refractivity contribution in [3.05, 3.63) is 35.0 Å². The SMILES string of the molecule is O=C1CCC(CNCc2c[nH]c3cc(Cl)ccc23)N1. The third kappa shape index (κ3) is 2.74. The van der Waals surface area contributed by atoms with Crippen LogP contribution in [-0.4, -0.2) is 23.5 Å². The van der Waals surface area contributed by atoms with E-state index in [0.717, 1.165) is 30.0 Å². The van der Waals surface area contributed by atoms with Gasteiger partial charge >= 0.3 is 0 Å². The molecule has 0 aliphatic carbocycles. The Labute approximate surface area is 116 Å². The summed E-state index contributed by atoms with van der Waals surface area (Å²) in [5.41, 5.74) is 2.27. The molecule has 5 heteroatoms. The highest BCUT2D eigenvalue weighted by molar-refractivity contribution is 6.31. The van der Waals surface area contributed by atoms with Crippen molar-refractivity contribution < 1.29 is 4.79 Å². The number of H-pyrrole nitrogens is 1. The van der Waals surface area contributed by atoms with Gasteiger partial charge in [-0.1, -0.05) is 17.7 Å². The van der Waals surface area contributed by atoms with Crippen LogP contribution in [0.2, 0.25) is 5.02 Å². The van der Waals surface area contributed by atoms with Crippen molar-refractivity contribution in [1.82, 2.24) is 15.6 Å². The highest BCUT2D eigenvalue weighted by Crippen LogP contribution is 2.21. The van der Waals surface area contributed by atoms with Crippen LogP contribution in [0.5, 0.6) is 0 Å². The summed E-state index contributed by atoms with van der Waals surface area (Å²) < 4.78 is 0. The molecule has 0 radical (unpaired) electrons. The van der Waals surface area contributed by atoms with E-state index in [0.29, 0.717) is 6.42 Å². The van der Waals surface area contributed by atoms with Gasteiger partial charge < -0.3 is 15.6 Å². The Hall–Kier alpha value is -1.52. The summed E-state index contributed by atoms with van der Waals surface area (Å²) in [6, 6.07) is 6.13. The lowest BCUT2D eigenvalue weighted by molar-refractivity contribution is -0.119. The minimum atomic E-state index is 0.161. The number of rotatable bonds is 4. The Kier molecular flexibility index (Phi) is 3.44. The van der Waals surface area contributed by atoms with Crippen molar-refractivity contribution in [3.63, 3.8) is 0 Å². The molecule has 4 nitrogen and oxygen atoms in total. The van der Waals surface area contributed by atoms with E-state index in [1.54, 1.807) is 0 Å². The van der Waals surface area contributed by atoms with Crippen molar-refractivity contribution in [3.8, 4) is 0 Å². The second kappa shape index (κ2) is 5.23. The average molecular weight is 278 g/mol.